The largest absolute Gasteiger partial charge is 0.469 e. The molecular weight excluding hydrogens is 188 g/mol. The van der Waals surface area contributed by atoms with Gasteiger partial charge in [0, 0.05) is 17.6 Å². The van der Waals surface area contributed by atoms with Crippen molar-refractivity contribution >= 4 is 22.9 Å². The monoisotopic (exact) mass is 198 g/mol. The molecule has 0 aromatic heterocycles. The average molecular weight is 198 g/mol. The van der Waals surface area contributed by atoms with Gasteiger partial charge in [0.25, 0.3) is 0 Å². The van der Waals surface area contributed by atoms with Gasteiger partial charge in [-0.1, -0.05) is 11.8 Å². The number of methoxy groups -OCH3 is 1. The fourth-order valence-corrected chi connectivity index (χ4v) is 2.29. The molecule has 2 heterocycles. The molecule has 0 saturated heterocycles. The van der Waals surface area contributed by atoms with Gasteiger partial charge in [-0.2, -0.15) is 0 Å². The smallest absolute Gasteiger partial charge is 0.310 e. The Morgan fingerprint density at radius 2 is 2.69 bits per heavy atom. The third kappa shape index (κ3) is 1.70. The van der Waals surface area contributed by atoms with E-state index in [1.54, 1.807) is 11.8 Å². The number of hydrogen-bond acceptors (Lipinski definition) is 5. The highest BCUT2D eigenvalue weighted by Gasteiger charge is 2.25. The van der Waals surface area contributed by atoms with Crippen LogP contribution in [0.2, 0.25) is 0 Å². The number of carbonyl (C=O) groups is 1. The molecule has 2 rings (SSSR count). The Morgan fingerprint density at radius 3 is 3.38 bits per heavy atom. The van der Waals surface area contributed by atoms with Gasteiger partial charge in [-0.3, -0.25) is 9.79 Å². The molecule has 0 fully saturated rings. The summed E-state index contributed by atoms with van der Waals surface area (Å²) < 4.78 is 4.58. The third-order valence-electron chi connectivity index (χ3n) is 1.90. The molecule has 0 N–H and O–H groups in total. The summed E-state index contributed by atoms with van der Waals surface area (Å²) in [7, 11) is 1.40. The maximum absolute atomic E-state index is 11.0. The molecule has 0 aromatic rings. The maximum Gasteiger partial charge on any atom is 0.310 e. The van der Waals surface area contributed by atoms with E-state index in [0.717, 1.165) is 23.2 Å². The van der Waals surface area contributed by atoms with E-state index in [4.69, 9.17) is 0 Å². The topological polar surface area (TPSA) is 41.9 Å². The predicted octanol–water partition coefficient (Wildman–Crippen LogP) is 0.809. The van der Waals surface area contributed by atoms with Crippen molar-refractivity contribution in [1.82, 2.24) is 4.90 Å². The number of nitrogens with zero attached hydrogens (tertiary/aromatic N) is 2. The summed E-state index contributed by atoms with van der Waals surface area (Å²) in [6.07, 6.45) is 2.34. The Balaban J connectivity index is 1.97. The molecule has 2 aliphatic rings. The van der Waals surface area contributed by atoms with E-state index in [9.17, 15) is 4.79 Å². The lowest BCUT2D eigenvalue weighted by Crippen LogP contribution is -2.14. The van der Waals surface area contributed by atoms with Crippen LogP contribution in [0.15, 0.2) is 16.1 Å². The molecule has 0 atom stereocenters. The van der Waals surface area contributed by atoms with Crippen molar-refractivity contribution in [3.8, 4) is 0 Å². The molecular formula is C8H10N2O2S. The number of rotatable bonds is 2. The van der Waals surface area contributed by atoms with Crippen molar-refractivity contribution < 1.29 is 9.53 Å². The van der Waals surface area contributed by atoms with E-state index in [0.29, 0.717) is 6.42 Å². The van der Waals surface area contributed by atoms with Gasteiger partial charge in [0.1, 0.15) is 0 Å². The Kier molecular flexibility index (Phi) is 2.26. The van der Waals surface area contributed by atoms with Gasteiger partial charge in [0.15, 0.2) is 5.17 Å². The molecule has 0 saturated carbocycles. The van der Waals surface area contributed by atoms with Crippen LogP contribution in [0, 0.1) is 0 Å². The van der Waals surface area contributed by atoms with Crippen molar-refractivity contribution in [3.63, 3.8) is 0 Å². The Labute approximate surface area is 80.6 Å². The molecule has 0 bridgehead atoms. The number of fused-ring (bicyclic) bond motifs is 1. The van der Waals surface area contributed by atoms with Crippen molar-refractivity contribution in [2.75, 3.05) is 20.2 Å². The molecule has 0 unspecified atom stereocenters. The summed E-state index contributed by atoms with van der Waals surface area (Å²) in [6, 6.07) is 0. The fourth-order valence-electron chi connectivity index (χ4n) is 1.26. The summed E-state index contributed by atoms with van der Waals surface area (Å²) >= 11 is 1.56. The predicted molar refractivity (Wildman–Crippen MR) is 51.3 cm³/mol. The summed E-state index contributed by atoms with van der Waals surface area (Å²) in [5.74, 6) is -0.194. The number of esters is 1. The summed E-state index contributed by atoms with van der Waals surface area (Å²) in [6.45, 7) is 1.80. The Bertz CT molecular complexity index is 299. The van der Waals surface area contributed by atoms with Crippen LogP contribution in [0.1, 0.15) is 6.42 Å². The van der Waals surface area contributed by atoms with E-state index in [2.05, 4.69) is 14.6 Å². The zero-order valence-electron chi connectivity index (χ0n) is 7.32. The third-order valence-corrected chi connectivity index (χ3v) is 2.96. The lowest BCUT2D eigenvalue weighted by atomic mass is 10.4. The second-order valence-corrected chi connectivity index (χ2v) is 3.90. The second-order valence-electron chi connectivity index (χ2n) is 2.81. The number of carbonyl (C=O) groups excluding carboxylic acids is 1. The summed E-state index contributed by atoms with van der Waals surface area (Å²) in [4.78, 5) is 18.3. The van der Waals surface area contributed by atoms with Gasteiger partial charge in [-0.05, 0) is 0 Å². The first-order valence-corrected chi connectivity index (χ1v) is 4.87. The highest BCUT2D eigenvalue weighted by molar-refractivity contribution is 8.17. The van der Waals surface area contributed by atoms with Gasteiger partial charge in [0.05, 0.1) is 20.1 Å². The minimum Gasteiger partial charge on any atom is -0.469 e. The maximum atomic E-state index is 11.0. The van der Waals surface area contributed by atoms with E-state index in [-0.39, 0.29) is 5.97 Å². The standard InChI is InChI=1S/C8H10N2O2S/c1-12-7(11)4-6-5-10-3-2-9-8(10)13-6/h5H,2-4H2,1H3. The average Bonchev–Trinajstić information content (AvgIpc) is 2.63. The van der Waals surface area contributed by atoms with Crippen LogP contribution in [0.5, 0.6) is 0 Å². The Morgan fingerprint density at radius 1 is 1.85 bits per heavy atom. The molecule has 0 spiro atoms. The van der Waals surface area contributed by atoms with E-state index < -0.39 is 0 Å². The number of amidine groups is 1. The zero-order valence-corrected chi connectivity index (χ0v) is 8.13. The second kappa shape index (κ2) is 3.41. The number of ether oxygens (including phenoxy) is 1. The van der Waals surface area contributed by atoms with Crippen molar-refractivity contribution in [3.05, 3.63) is 11.1 Å². The minimum absolute atomic E-state index is 0.194. The molecule has 2 aliphatic heterocycles. The number of hydrogen-bond donors (Lipinski definition) is 0. The Hall–Kier alpha value is -0.970. The van der Waals surface area contributed by atoms with Crippen LogP contribution >= 0.6 is 11.8 Å². The molecule has 4 nitrogen and oxygen atoms in total. The van der Waals surface area contributed by atoms with Crippen LogP contribution in [-0.4, -0.2) is 36.2 Å². The zero-order chi connectivity index (χ0) is 9.26. The fraction of sp³-hybridized carbons (Fsp3) is 0.500. The van der Waals surface area contributed by atoms with Gasteiger partial charge in [0.2, 0.25) is 0 Å². The first-order chi connectivity index (χ1) is 6.29. The van der Waals surface area contributed by atoms with Gasteiger partial charge >= 0.3 is 5.97 Å². The van der Waals surface area contributed by atoms with E-state index >= 15 is 0 Å². The summed E-state index contributed by atoms with van der Waals surface area (Å²) in [5.41, 5.74) is 0. The van der Waals surface area contributed by atoms with Gasteiger partial charge < -0.3 is 9.64 Å². The molecule has 70 valence electrons. The molecule has 0 aromatic carbocycles. The first kappa shape index (κ1) is 8.62. The lowest BCUT2D eigenvalue weighted by molar-refractivity contribution is -0.139. The van der Waals surface area contributed by atoms with Crippen LogP contribution in [0.4, 0.5) is 0 Å². The molecule has 5 heteroatoms. The van der Waals surface area contributed by atoms with Crippen LogP contribution in [0.3, 0.4) is 0 Å². The highest BCUT2D eigenvalue weighted by Crippen LogP contribution is 2.32. The van der Waals surface area contributed by atoms with Crippen molar-refractivity contribution in [2.45, 2.75) is 6.42 Å². The molecule has 13 heavy (non-hydrogen) atoms. The summed E-state index contributed by atoms with van der Waals surface area (Å²) in [5, 5.41) is 1.01. The molecule has 0 amide bonds. The van der Waals surface area contributed by atoms with Gasteiger partial charge in [-0.25, -0.2) is 0 Å². The first-order valence-electron chi connectivity index (χ1n) is 4.06. The quantitative estimate of drug-likeness (QED) is 0.616. The van der Waals surface area contributed by atoms with Crippen LogP contribution < -0.4 is 0 Å². The number of aliphatic imine (C=N–C) groups is 1. The molecule has 0 aliphatic carbocycles. The van der Waals surface area contributed by atoms with Gasteiger partial charge in [-0.15, -0.1) is 0 Å². The normalized spacial score (nSPS) is 19.6. The SMILES string of the molecule is COC(=O)CC1=CN2CCN=C2S1. The minimum atomic E-state index is -0.194. The van der Waals surface area contributed by atoms with Crippen molar-refractivity contribution in [1.29, 1.82) is 0 Å². The van der Waals surface area contributed by atoms with Crippen LogP contribution in [-0.2, 0) is 9.53 Å². The van der Waals surface area contributed by atoms with E-state index in [1.165, 1.54) is 7.11 Å². The number of thioether (sulfide) groups is 1. The lowest BCUT2D eigenvalue weighted by Gasteiger charge is -2.04. The van der Waals surface area contributed by atoms with E-state index in [1.807, 2.05) is 6.20 Å². The van der Waals surface area contributed by atoms with Crippen molar-refractivity contribution in [2.24, 2.45) is 4.99 Å². The van der Waals surface area contributed by atoms with Crippen LogP contribution in [0.25, 0.3) is 0 Å². The molecule has 0 radical (unpaired) electrons. The highest BCUT2D eigenvalue weighted by atomic mass is 32.2.